The quantitative estimate of drug-likeness (QED) is 0.625. The van der Waals surface area contributed by atoms with Gasteiger partial charge in [0.1, 0.15) is 0 Å². The van der Waals surface area contributed by atoms with Gasteiger partial charge in [-0.15, -0.1) is 0 Å². The highest BCUT2D eigenvalue weighted by Gasteiger charge is 2.28. The molecule has 24 heavy (non-hydrogen) atoms. The Labute approximate surface area is 144 Å². The van der Waals surface area contributed by atoms with E-state index in [1.54, 1.807) is 12.5 Å². The molecule has 0 bridgehead atoms. The number of hydrogen-bond donors (Lipinski definition) is 2. The molecule has 1 aromatic rings. The van der Waals surface area contributed by atoms with Crippen molar-refractivity contribution in [3.8, 4) is 0 Å². The van der Waals surface area contributed by atoms with Crippen LogP contribution in [0, 0.1) is 5.92 Å². The van der Waals surface area contributed by atoms with Gasteiger partial charge in [0.05, 0.1) is 30.6 Å². The summed E-state index contributed by atoms with van der Waals surface area (Å²) in [5, 5.41) is 6.87. The minimum absolute atomic E-state index is 0.183. The van der Waals surface area contributed by atoms with Crippen molar-refractivity contribution in [2.24, 2.45) is 10.9 Å². The third-order valence-corrected chi connectivity index (χ3v) is 6.67. The largest absolute Gasteiger partial charge is 0.472 e. The molecule has 1 atom stereocenters. The van der Waals surface area contributed by atoms with Gasteiger partial charge < -0.3 is 15.1 Å². The molecule has 0 amide bonds. The lowest BCUT2D eigenvalue weighted by Crippen LogP contribution is -2.45. The second-order valence-electron chi connectivity index (χ2n) is 6.93. The molecule has 2 heterocycles. The third-order valence-electron chi connectivity index (χ3n) is 4.83. The van der Waals surface area contributed by atoms with Crippen molar-refractivity contribution in [2.75, 3.05) is 18.1 Å². The standard InChI is InChI=1S/C17H27N3O3S/c21-24(22)9-7-15(13-24)11-19-17(18-10-14-6-8-23-12-14)20-16-4-2-1-3-5-16/h6,8,12,15-16H,1-5,7,9-11,13H2,(H2,18,19,20). The predicted octanol–water partition coefficient (Wildman–Crippen LogP) is 2.08. The van der Waals surface area contributed by atoms with E-state index in [-0.39, 0.29) is 5.92 Å². The number of nitrogens with one attached hydrogen (secondary N) is 2. The average molecular weight is 353 g/mol. The molecule has 0 spiro atoms. The Morgan fingerprint density at radius 1 is 1.25 bits per heavy atom. The van der Waals surface area contributed by atoms with E-state index in [0.29, 0.717) is 30.6 Å². The monoisotopic (exact) mass is 353 g/mol. The van der Waals surface area contributed by atoms with Crippen LogP contribution in [0.1, 0.15) is 44.1 Å². The van der Waals surface area contributed by atoms with Crippen LogP contribution in [0.2, 0.25) is 0 Å². The Kier molecular flexibility index (Phi) is 5.81. The van der Waals surface area contributed by atoms with Gasteiger partial charge in [0.15, 0.2) is 15.8 Å². The summed E-state index contributed by atoms with van der Waals surface area (Å²) in [6, 6.07) is 2.37. The van der Waals surface area contributed by atoms with E-state index in [9.17, 15) is 8.42 Å². The first kappa shape index (κ1) is 17.3. The highest BCUT2D eigenvalue weighted by molar-refractivity contribution is 7.91. The molecule has 1 aliphatic heterocycles. The molecular formula is C17H27N3O3S. The molecule has 2 N–H and O–H groups in total. The summed E-state index contributed by atoms with van der Waals surface area (Å²) in [6.07, 6.45) is 10.3. The van der Waals surface area contributed by atoms with Gasteiger partial charge in [-0.3, -0.25) is 0 Å². The van der Waals surface area contributed by atoms with E-state index in [1.165, 1.54) is 32.1 Å². The van der Waals surface area contributed by atoms with Gasteiger partial charge in [-0.2, -0.15) is 0 Å². The van der Waals surface area contributed by atoms with Gasteiger partial charge >= 0.3 is 0 Å². The van der Waals surface area contributed by atoms with E-state index in [1.807, 2.05) is 6.07 Å². The zero-order chi connectivity index (χ0) is 16.8. The van der Waals surface area contributed by atoms with Crippen molar-refractivity contribution in [2.45, 2.75) is 51.1 Å². The van der Waals surface area contributed by atoms with Crippen molar-refractivity contribution >= 4 is 15.8 Å². The molecule has 6 nitrogen and oxygen atoms in total. The summed E-state index contributed by atoms with van der Waals surface area (Å²) in [4.78, 5) is 4.64. The zero-order valence-electron chi connectivity index (χ0n) is 14.0. The number of nitrogens with zero attached hydrogens (tertiary/aromatic N) is 1. The van der Waals surface area contributed by atoms with Gasteiger partial charge in [0.25, 0.3) is 0 Å². The van der Waals surface area contributed by atoms with Gasteiger partial charge in [0, 0.05) is 18.2 Å². The number of furan rings is 1. The number of hydrogen-bond acceptors (Lipinski definition) is 4. The van der Waals surface area contributed by atoms with Crippen LogP contribution >= 0.6 is 0 Å². The molecule has 3 rings (SSSR count). The predicted molar refractivity (Wildman–Crippen MR) is 94.6 cm³/mol. The van der Waals surface area contributed by atoms with Crippen LogP contribution in [0.3, 0.4) is 0 Å². The molecule has 0 aromatic carbocycles. The first-order valence-corrected chi connectivity index (χ1v) is 10.7. The normalized spacial score (nSPS) is 24.8. The molecule has 1 aromatic heterocycles. The molecule has 134 valence electrons. The van der Waals surface area contributed by atoms with Crippen molar-refractivity contribution in [3.05, 3.63) is 24.2 Å². The topological polar surface area (TPSA) is 83.7 Å². The lowest BCUT2D eigenvalue weighted by Gasteiger charge is -2.25. The van der Waals surface area contributed by atoms with E-state index < -0.39 is 9.84 Å². The fourth-order valence-corrected chi connectivity index (χ4v) is 5.28. The maximum absolute atomic E-state index is 11.6. The van der Waals surface area contributed by atoms with Gasteiger partial charge in [-0.1, -0.05) is 19.3 Å². The Balaban J connectivity index is 1.56. The summed E-state index contributed by atoms with van der Waals surface area (Å²) in [5.74, 6) is 1.57. The molecule has 2 fully saturated rings. The summed E-state index contributed by atoms with van der Waals surface area (Å²) >= 11 is 0. The van der Waals surface area contributed by atoms with E-state index in [0.717, 1.165) is 17.9 Å². The molecule has 7 heteroatoms. The van der Waals surface area contributed by atoms with Crippen LogP contribution in [-0.2, 0) is 16.4 Å². The number of aliphatic imine (C=N–C) groups is 1. The van der Waals surface area contributed by atoms with Crippen LogP contribution in [0.15, 0.2) is 28.0 Å². The van der Waals surface area contributed by atoms with Crippen LogP contribution in [0.25, 0.3) is 0 Å². The summed E-state index contributed by atoms with van der Waals surface area (Å²) in [7, 11) is -2.83. The van der Waals surface area contributed by atoms with E-state index in [4.69, 9.17) is 4.42 Å². The van der Waals surface area contributed by atoms with Gasteiger partial charge in [0.2, 0.25) is 0 Å². The van der Waals surface area contributed by atoms with Crippen molar-refractivity contribution in [3.63, 3.8) is 0 Å². The Hall–Kier alpha value is -1.50. The second kappa shape index (κ2) is 8.05. The highest BCUT2D eigenvalue weighted by Crippen LogP contribution is 2.18. The minimum atomic E-state index is -2.83. The molecule has 2 aliphatic rings. The average Bonchev–Trinajstić information content (AvgIpc) is 3.20. The fourth-order valence-electron chi connectivity index (χ4n) is 3.42. The molecule has 1 unspecified atom stereocenters. The number of rotatable bonds is 5. The number of sulfone groups is 1. The van der Waals surface area contributed by atoms with Crippen LogP contribution < -0.4 is 10.6 Å². The SMILES string of the molecule is O=S1(=O)CCC(CNC(=NCc2ccoc2)NC2CCCCC2)C1. The summed E-state index contributed by atoms with van der Waals surface area (Å²) in [5.41, 5.74) is 1.03. The smallest absolute Gasteiger partial charge is 0.191 e. The Bertz CT molecular complexity index is 634. The molecule has 1 saturated carbocycles. The van der Waals surface area contributed by atoms with Crippen LogP contribution in [0.5, 0.6) is 0 Å². The van der Waals surface area contributed by atoms with Gasteiger partial charge in [-0.05, 0) is 31.2 Å². The van der Waals surface area contributed by atoms with E-state index >= 15 is 0 Å². The Morgan fingerprint density at radius 3 is 2.75 bits per heavy atom. The molecular weight excluding hydrogens is 326 g/mol. The van der Waals surface area contributed by atoms with E-state index in [2.05, 4.69) is 15.6 Å². The minimum Gasteiger partial charge on any atom is -0.472 e. The van der Waals surface area contributed by atoms with Crippen molar-refractivity contribution in [1.29, 1.82) is 0 Å². The second-order valence-corrected chi connectivity index (χ2v) is 9.15. The zero-order valence-corrected chi connectivity index (χ0v) is 14.9. The van der Waals surface area contributed by atoms with Crippen LogP contribution in [-0.4, -0.2) is 38.5 Å². The number of guanidine groups is 1. The van der Waals surface area contributed by atoms with Crippen LogP contribution in [0.4, 0.5) is 0 Å². The highest BCUT2D eigenvalue weighted by atomic mass is 32.2. The molecule has 1 aliphatic carbocycles. The third kappa shape index (κ3) is 5.26. The lowest BCUT2D eigenvalue weighted by atomic mass is 9.96. The van der Waals surface area contributed by atoms with Gasteiger partial charge in [-0.25, -0.2) is 13.4 Å². The fraction of sp³-hybridized carbons (Fsp3) is 0.706. The van der Waals surface area contributed by atoms with Crippen molar-refractivity contribution in [1.82, 2.24) is 10.6 Å². The van der Waals surface area contributed by atoms with Crippen molar-refractivity contribution < 1.29 is 12.8 Å². The Morgan fingerprint density at radius 2 is 2.08 bits per heavy atom. The maximum atomic E-state index is 11.6. The molecule has 0 radical (unpaired) electrons. The lowest BCUT2D eigenvalue weighted by molar-refractivity contribution is 0.408. The maximum Gasteiger partial charge on any atom is 0.191 e. The first-order valence-electron chi connectivity index (χ1n) is 8.87. The molecule has 1 saturated heterocycles. The first-order chi connectivity index (χ1) is 11.6. The summed E-state index contributed by atoms with van der Waals surface area (Å²) < 4.78 is 28.3. The summed E-state index contributed by atoms with van der Waals surface area (Å²) in [6.45, 7) is 1.21.